The molecule has 1 aliphatic heterocycles. The zero-order valence-corrected chi connectivity index (χ0v) is 26.2. The summed E-state index contributed by atoms with van der Waals surface area (Å²) in [5.41, 5.74) is 0.799. The predicted molar refractivity (Wildman–Crippen MR) is 162 cm³/mol. The number of aryl methyl sites for hydroxylation is 1. The van der Waals surface area contributed by atoms with E-state index in [-0.39, 0.29) is 39.9 Å². The van der Waals surface area contributed by atoms with Gasteiger partial charge in [0.05, 0.1) is 21.3 Å². The Morgan fingerprint density at radius 1 is 1.15 bits per heavy atom. The SMILES string of the molecule is CCc1c(N2CCN[C@H]3CC[C@@H]32)c(=O)c2nc3nc(C)sc3nc2n1CC(=O)Nc1ccc(C(F)(F)F)cc1Cl.O=C(O)C(F)(F)F. The quantitative estimate of drug-likeness (QED) is 0.240. The molecule has 4 heterocycles. The van der Waals surface area contributed by atoms with Crippen molar-refractivity contribution in [2.75, 3.05) is 23.3 Å². The second-order valence-corrected chi connectivity index (χ2v) is 12.4. The molecule has 2 aliphatic rings. The van der Waals surface area contributed by atoms with Crippen LogP contribution in [0.15, 0.2) is 23.0 Å². The second-order valence-electron chi connectivity index (χ2n) is 10.8. The van der Waals surface area contributed by atoms with Gasteiger partial charge in [0, 0.05) is 30.9 Å². The second kappa shape index (κ2) is 12.9. The third-order valence-corrected chi connectivity index (χ3v) is 8.92. The summed E-state index contributed by atoms with van der Waals surface area (Å²) in [6, 6.07) is 3.21. The van der Waals surface area contributed by atoms with E-state index in [2.05, 4.69) is 25.5 Å². The summed E-state index contributed by atoms with van der Waals surface area (Å²) < 4.78 is 72.7. The molecule has 6 rings (SSSR count). The predicted octanol–water partition coefficient (Wildman–Crippen LogP) is 5.16. The Bertz CT molecular complexity index is 1930. The molecule has 0 bridgehead atoms. The van der Waals surface area contributed by atoms with Crippen LogP contribution < -0.4 is 21.0 Å². The van der Waals surface area contributed by atoms with Gasteiger partial charge in [-0.3, -0.25) is 9.59 Å². The topological polar surface area (TPSA) is 142 Å². The fourth-order valence-corrected chi connectivity index (χ4v) is 6.51. The lowest BCUT2D eigenvalue weighted by atomic mass is 9.83. The van der Waals surface area contributed by atoms with Crippen LogP contribution in [-0.4, -0.2) is 67.9 Å². The third-order valence-electron chi connectivity index (χ3n) is 7.76. The highest BCUT2D eigenvalue weighted by Gasteiger charge is 2.41. The van der Waals surface area contributed by atoms with Crippen LogP contribution in [0.4, 0.5) is 37.7 Å². The number of fused-ring (bicyclic) bond motifs is 3. The van der Waals surface area contributed by atoms with Crippen molar-refractivity contribution in [2.45, 2.75) is 64.1 Å². The van der Waals surface area contributed by atoms with Gasteiger partial charge in [-0.25, -0.2) is 19.7 Å². The van der Waals surface area contributed by atoms with Crippen LogP contribution in [0.3, 0.4) is 0 Å². The molecule has 47 heavy (non-hydrogen) atoms. The number of halogens is 7. The van der Waals surface area contributed by atoms with E-state index in [9.17, 15) is 35.9 Å². The number of thiazole rings is 1. The van der Waals surface area contributed by atoms with Crippen molar-refractivity contribution in [3.8, 4) is 0 Å². The molecule has 252 valence electrons. The maximum absolute atomic E-state index is 14.0. The summed E-state index contributed by atoms with van der Waals surface area (Å²) >= 11 is 7.42. The van der Waals surface area contributed by atoms with Gasteiger partial charge in [0.1, 0.15) is 12.2 Å². The van der Waals surface area contributed by atoms with Crippen molar-refractivity contribution in [1.29, 1.82) is 0 Å². The number of benzene rings is 1. The van der Waals surface area contributed by atoms with Crippen LogP contribution in [0.2, 0.25) is 5.02 Å². The first kappa shape index (κ1) is 34.3. The van der Waals surface area contributed by atoms with Crippen molar-refractivity contribution in [3.05, 3.63) is 49.7 Å². The highest BCUT2D eigenvalue weighted by atomic mass is 35.5. The van der Waals surface area contributed by atoms with Gasteiger partial charge in [-0.2, -0.15) is 26.3 Å². The van der Waals surface area contributed by atoms with Gasteiger partial charge in [-0.1, -0.05) is 29.9 Å². The van der Waals surface area contributed by atoms with Gasteiger partial charge in [-0.15, -0.1) is 0 Å². The summed E-state index contributed by atoms with van der Waals surface area (Å²) in [5, 5.41) is 13.8. The number of nitrogens with one attached hydrogen (secondary N) is 2. The Balaban J connectivity index is 0.000000559. The lowest BCUT2D eigenvalue weighted by molar-refractivity contribution is -0.192. The van der Waals surface area contributed by atoms with Gasteiger partial charge in [-0.05, 0) is 44.4 Å². The molecule has 1 saturated carbocycles. The Morgan fingerprint density at radius 3 is 2.43 bits per heavy atom. The number of anilines is 2. The van der Waals surface area contributed by atoms with Crippen LogP contribution in [-0.2, 0) is 28.7 Å². The number of carbonyl (C=O) groups is 2. The molecule has 0 unspecified atom stereocenters. The van der Waals surface area contributed by atoms with Gasteiger partial charge < -0.3 is 25.2 Å². The summed E-state index contributed by atoms with van der Waals surface area (Å²) in [6.07, 6.45) is -7.23. The van der Waals surface area contributed by atoms with Gasteiger partial charge in [0.2, 0.25) is 11.3 Å². The summed E-state index contributed by atoms with van der Waals surface area (Å²) in [7, 11) is 0. The first-order chi connectivity index (χ1) is 22.0. The molecule has 1 saturated heterocycles. The Morgan fingerprint density at radius 2 is 1.85 bits per heavy atom. The molecule has 19 heteroatoms. The number of nitrogens with zero attached hydrogens (tertiary/aromatic N) is 5. The van der Waals surface area contributed by atoms with E-state index in [4.69, 9.17) is 26.5 Å². The Kier molecular flexibility index (Phi) is 9.40. The average molecular weight is 706 g/mol. The smallest absolute Gasteiger partial charge is 0.475 e. The first-order valence-corrected chi connectivity index (χ1v) is 15.4. The number of hydrogen-bond acceptors (Lipinski definition) is 9. The highest BCUT2D eigenvalue weighted by Crippen LogP contribution is 2.35. The fraction of sp³-hybridized carbons (Fsp3) is 0.429. The molecule has 4 aromatic rings. The van der Waals surface area contributed by atoms with Crippen molar-refractivity contribution in [1.82, 2.24) is 24.8 Å². The number of hydrogen-bond donors (Lipinski definition) is 3. The first-order valence-electron chi connectivity index (χ1n) is 14.2. The molecule has 1 aromatic carbocycles. The van der Waals surface area contributed by atoms with Gasteiger partial charge >= 0.3 is 18.3 Å². The molecule has 11 nitrogen and oxygen atoms in total. The highest BCUT2D eigenvalue weighted by molar-refractivity contribution is 7.18. The largest absolute Gasteiger partial charge is 0.490 e. The molecule has 3 N–H and O–H groups in total. The lowest BCUT2D eigenvalue weighted by Gasteiger charge is -2.50. The zero-order valence-electron chi connectivity index (χ0n) is 24.6. The van der Waals surface area contributed by atoms with Crippen molar-refractivity contribution >= 4 is 67.8 Å². The standard InChI is InChI=1S/C26H25ClF3N7O2S.C2HF3O2/c1-3-17-21(36-9-8-31-16-6-7-18(16)36)22(39)20-24(35-25-23(34-20)32-12(2)40-25)37(17)11-19(38)33-15-5-4-13(10-14(15)27)26(28,29)30;3-2(4,5)1(6)7/h4-5,10,16,18,31H,3,6-9,11H2,1-2H3,(H,33,38);(H,6,7)/t16-,18-;/m0./s1. The van der Waals surface area contributed by atoms with E-state index in [1.165, 1.54) is 11.3 Å². The van der Waals surface area contributed by atoms with Gasteiger partial charge in [0.15, 0.2) is 21.6 Å². The molecular formula is C28H26ClF6N7O4S. The average Bonchev–Trinajstić information content (AvgIpc) is 3.33. The fourth-order valence-electron chi connectivity index (χ4n) is 5.55. The Hall–Kier alpha value is -4.03. The molecular weight excluding hydrogens is 680 g/mol. The van der Waals surface area contributed by atoms with Crippen LogP contribution in [0.5, 0.6) is 0 Å². The van der Waals surface area contributed by atoms with Crippen LogP contribution in [0, 0.1) is 6.92 Å². The van der Waals surface area contributed by atoms with E-state index in [0.717, 1.165) is 42.6 Å². The van der Waals surface area contributed by atoms with E-state index in [0.29, 0.717) is 40.9 Å². The van der Waals surface area contributed by atoms with Crippen LogP contribution in [0.25, 0.3) is 21.6 Å². The number of rotatable bonds is 5. The maximum atomic E-state index is 14.0. The molecule has 1 aliphatic carbocycles. The molecule has 3 aromatic heterocycles. The van der Waals surface area contributed by atoms with Gasteiger partial charge in [0.25, 0.3) is 0 Å². The van der Waals surface area contributed by atoms with E-state index < -0.39 is 29.8 Å². The number of carboxylic acids is 1. The summed E-state index contributed by atoms with van der Waals surface area (Å²) in [5.74, 6) is -3.29. The molecule has 0 spiro atoms. The molecule has 0 radical (unpaired) electrons. The number of aromatic nitrogens is 4. The molecule has 1 amide bonds. The van der Waals surface area contributed by atoms with E-state index >= 15 is 0 Å². The summed E-state index contributed by atoms with van der Waals surface area (Å²) in [6.45, 7) is 4.85. The summed E-state index contributed by atoms with van der Waals surface area (Å²) in [4.78, 5) is 52.6. The third kappa shape index (κ3) is 6.99. The minimum Gasteiger partial charge on any atom is -0.475 e. The van der Waals surface area contributed by atoms with E-state index in [1.54, 1.807) is 4.57 Å². The number of carboxylic acid groups (broad SMARTS) is 1. The normalized spacial score (nSPS) is 17.9. The lowest BCUT2D eigenvalue weighted by Crippen LogP contribution is -2.64. The van der Waals surface area contributed by atoms with Crippen molar-refractivity contribution < 1.29 is 41.0 Å². The number of aliphatic carboxylic acids is 1. The van der Waals surface area contributed by atoms with Crippen LogP contribution >= 0.6 is 22.9 Å². The number of amides is 1. The molecule has 2 fully saturated rings. The number of carbonyl (C=O) groups excluding carboxylic acids is 1. The van der Waals surface area contributed by atoms with Crippen LogP contribution in [0.1, 0.15) is 36.0 Å². The maximum Gasteiger partial charge on any atom is 0.490 e. The van der Waals surface area contributed by atoms with E-state index in [1.807, 2.05) is 13.8 Å². The monoisotopic (exact) mass is 705 g/mol. The minimum atomic E-state index is -5.08. The Labute approximate surface area is 270 Å². The molecule has 2 atom stereocenters. The minimum absolute atomic E-state index is 0.0502. The zero-order chi connectivity index (χ0) is 34.4. The number of alkyl halides is 6. The van der Waals surface area contributed by atoms with Crippen molar-refractivity contribution in [3.63, 3.8) is 0 Å². The number of pyridine rings is 1. The number of piperazine rings is 1. The van der Waals surface area contributed by atoms with Crippen molar-refractivity contribution in [2.24, 2.45) is 0 Å².